The zero-order valence-electron chi connectivity index (χ0n) is 10.2. The fourth-order valence-electron chi connectivity index (χ4n) is 2.56. The molecule has 0 bridgehead atoms. The van der Waals surface area contributed by atoms with Crippen LogP contribution in [0.15, 0.2) is 18.2 Å². The average Bonchev–Trinajstić information content (AvgIpc) is 2.19. The van der Waals surface area contributed by atoms with E-state index in [1.165, 1.54) is 6.07 Å². The fourth-order valence-corrected chi connectivity index (χ4v) is 2.68. The highest BCUT2D eigenvalue weighted by Crippen LogP contribution is 2.44. The largest absolute Gasteiger partial charge is 0.390 e. The Morgan fingerprint density at radius 3 is 2.65 bits per heavy atom. The molecule has 1 N–H and O–H groups in total. The van der Waals surface area contributed by atoms with Gasteiger partial charge >= 0.3 is 0 Å². The molecule has 0 atom stereocenters. The van der Waals surface area contributed by atoms with E-state index in [4.69, 9.17) is 11.6 Å². The molecule has 1 aromatic rings. The first-order valence-electron chi connectivity index (χ1n) is 6.06. The van der Waals surface area contributed by atoms with Gasteiger partial charge in [0.1, 0.15) is 5.82 Å². The van der Waals surface area contributed by atoms with Gasteiger partial charge in [0.05, 0.1) is 10.6 Å². The molecule has 0 spiro atoms. The molecular formula is C14H18ClFO. The number of hydrogen-bond donors (Lipinski definition) is 1. The Hall–Kier alpha value is -0.600. The third-order valence-electron chi connectivity index (χ3n) is 3.74. The third kappa shape index (κ3) is 2.80. The molecule has 1 aliphatic rings. The molecule has 1 nitrogen and oxygen atoms in total. The van der Waals surface area contributed by atoms with Crippen LogP contribution in [0.25, 0.3) is 0 Å². The van der Waals surface area contributed by atoms with E-state index >= 15 is 0 Å². The lowest BCUT2D eigenvalue weighted by Crippen LogP contribution is -2.47. The molecule has 3 heteroatoms. The zero-order chi connectivity index (χ0) is 12.6. The molecule has 0 aromatic heterocycles. The van der Waals surface area contributed by atoms with Gasteiger partial charge in [-0.25, -0.2) is 4.39 Å². The molecule has 1 aliphatic carbocycles. The number of aliphatic hydroxyl groups is 1. The van der Waals surface area contributed by atoms with Gasteiger partial charge in [0, 0.05) is 6.42 Å². The highest BCUT2D eigenvalue weighted by Gasteiger charge is 2.43. The minimum absolute atomic E-state index is 0.134. The molecule has 0 radical (unpaired) electrons. The van der Waals surface area contributed by atoms with Crippen LogP contribution in [0, 0.1) is 17.7 Å². The Morgan fingerprint density at radius 2 is 2.12 bits per heavy atom. The van der Waals surface area contributed by atoms with Gasteiger partial charge in [0.15, 0.2) is 0 Å². The quantitative estimate of drug-likeness (QED) is 0.872. The Labute approximate surface area is 107 Å². The van der Waals surface area contributed by atoms with Crippen LogP contribution >= 0.6 is 11.6 Å². The van der Waals surface area contributed by atoms with Gasteiger partial charge in [-0.3, -0.25) is 0 Å². The predicted molar refractivity (Wildman–Crippen MR) is 67.6 cm³/mol. The van der Waals surface area contributed by atoms with Crippen molar-refractivity contribution in [3.05, 3.63) is 34.6 Å². The first-order valence-corrected chi connectivity index (χ1v) is 6.44. The van der Waals surface area contributed by atoms with E-state index < -0.39 is 11.4 Å². The maximum atomic E-state index is 13.3. The molecular weight excluding hydrogens is 239 g/mol. The monoisotopic (exact) mass is 256 g/mol. The van der Waals surface area contributed by atoms with Crippen molar-refractivity contribution >= 4 is 11.6 Å². The normalized spacial score (nSPS) is 28.2. The van der Waals surface area contributed by atoms with Gasteiger partial charge in [0.25, 0.3) is 0 Å². The maximum Gasteiger partial charge on any atom is 0.142 e. The standard InChI is InChI=1S/C14H18ClFO/c1-9(2)11-7-14(17,8-11)6-10-3-4-12(15)13(16)5-10/h3-5,9,11,17H,6-8H2,1-2H3. The predicted octanol–water partition coefficient (Wildman–Crippen LogP) is 3.82. The maximum absolute atomic E-state index is 13.3. The molecule has 17 heavy (non-hydrogen) atoms. The van der Waals surface area contributed by atoms with Crippen LogP contribution in [0.5, 0.6) is 0 Å². The van der Waals surface area contributed by atoms with E-state index in [0.717, 1.165) is 18.4 Å². The summed E-state index contributed by atoms with van der Waals surface area (Å²) in [6.07, 6.45) is 2.15. The smallest absolute Gasteiger partial charge is 0.142 e. The van der Waals surface area contributed by atoms with Crippen LogP contribution in [-0.2, 0) is 6.42 Å². The van der Waals surface area contributed by atoms with E-state index in [-0.39, 0.29) is 5.02 Å². The summed E-state index contributed by atoms with van der Waals surface area (Å²) >= 11 is 5.63. The van der Waals surface area contributed by atoms with Crippen LogP contribution in [0.2, 0.25) is 5.02 Å². The number of benzene rings is 1. The van der Waals surface area contributed by atoms with Crippen LogP contribution in [0.4, 0.5) is 4.39 Å². The highest BCUT2D eigenvalue weighted by atomic mass is 35.5. The van der Waals surface area contributed by atoms with Crippen molar-refractivity contribution in [2.45, 2.75) is 38.7 Å². The second-order valence-corrected chi connectivity index (χ2v) is 5.97. The van der Waals surface area contributed by atoms with E-state index in [9.17, 15) is 9.50 Å². The molecule has 0 saturated heterocycles. The van der Waals surface area contributed by atoms with Crippen LogP contribution < -0.4 is 0 Å². The molecule has 2 rings (SSSR count). The summed E-state index contributed by atoms with van der Waals surface area (Å²) in [6.45, 7) is 4.35. The topological polar surface area (TPSA) is 20.2 Å². The second-order valence-electron chi connectivity index (χ2n) is 5.56. The Balaban J connectivity index is 2.00. The van der Waals surface area contributed by atoms with Crippen molar-refractivity contribution in [2.75, 3.05) is 0 Å². The van der Waals surface area contributed by atoms with E-state index in [2.05, 4.69) is 13.8 Å². The summed E-state index contributed by atoms with van der Waals surface area (Å²) in [7, 11) is 0. The Kier molecular flexibility index (Phi) is 3.46. The van der Waals surface area contributed by atoms with Gasteiger partial charge in [-0.2, -0.15) is 0 Å². The van der Waals surface area contributed by atoms with Crippen LogP contribution in [0.1, 0.15) is 32.3 Å². The minimum Gasteiger partial charge on any atom is -0.390 e. The third-order valence-corrected chi connectivity index (χ3v) is 4.05. The van der Waals surface area contributed by atoms with Gasteiger partial charge in [-0.1, -0.05) is 31.5 Å². The van der Waals surface area contributed by atoms with E-state index in [0.29, 0.717) is 18.3 Å². The number of halogens is 2. The van der Waals surface area contributed by atoms with Crippen molar-refractivity contribution in [1.82, 2.24) is 0 Å². The molecule has 0 aliphatic heterocycles. The zero-order valence-corrected chi connectivity index (χ0v) is 11.0. The summed E-state index contributed by atoms with van der Waals surface area (Å²) in [5.74, 6) is 0.793. The molecule has 0 amide bonds. The van der Waals surface area contributed by atoms with Gasteiger partial charge in [-0.05, 0) is 42.4 Å². The summed E-state index contributed by atoms with van der Waals surface area (Å²) in [4.78, 5) is 0. The SMILES string of the molecule is CC(C)C1CC(O)(Cc2ccc(Cl)c(F)c2)C1. The summed E-state index contributed by atoms with van der Waals surface area (Å²) in [5.41, 5.74) is 0.173. The lowest BCUT2D eigenvalue weighted by molar-refractivity contribution is -0.0860. The Bertz CT molecular complexity index is 411. The van der Waals surface area contributed by atoms with Crippen molar-refractivity contribution in [3.63, 3.8) is 0 Å². The molecule has 1 saturated carbocycles. The van der Waals surface area contributed by atoms with Crippen LogP contribution in [-0.4, -0.2) is 10.7 Å². The number of rotatable bonds is 3. The average molecular weight is 257 g/mol. The van der Waals surface area contributed by atoms with Crippen molar-refractivity contribution in [2.24, 2.45) is 11.8 Å². The molecule has 0 unspecified atom stereocenters. The van der Waals surface area contributed by atoms with Crippen molar-refractivity contribution < 1.29 is 9.50 Å². The Morgan fingerprint density at radius 1 is 1.47 bits per heavy atom. The van der Waals surface area contributed by atoms with Gasteiger partial charge in [-0.15, -0.1) is 0 Å². The summed E-state index contributed by atoms with van der Waals surface area (Å²) < 4.78 is 13.3. The van der Waals surface area contributed by atoms with Crippen molar-refractivity contribution in [1.29, 1.82) is 0 Å². The molecule has 1 aromatic carbocycles. The van der Waals surface area contributed by atoms with Crippen molar-refractivity contribution in [3.8, 4) is 0 Å². The van der Waals surface area contributed by atoms with Gasteiger partial charge < -0.3 is 5.11 Å². The lowest BCUT2D eigenvalue weighted by atomic mass is 9.64. The van der Waals surface area contributed by atoms with Gasteiger partial charge in [0.2, 0.25) is 0 Å². The fraction of sp³-hybridized carbons (Fsp3) is 0.571. The minimum atomic E-state index is -0.644. The summed E-state index contributed by atoms with van der Waals surface area (Å²) in [6, 6.07) is 4.75. The molecule has 1 fully saturated rings. The second kappa shape index (κ2) is 4.58. The highest BCUT2D eigenvalue weighted by molar-refractivity contribution is 6.30. The van der Waals surface area contributed by atoms with E-state index in [1.54, 1.807) is 12.1 Å². The number of hydrogen-bond acceptors (Lipinski definition) is 1. The van der Waals surface area contributed by atoms with Crippen LogP contribution in [0.3, 0.4) is 0 Å². The molecule has 0 heterocycles. The first kappa shape index (κ1) is 12.8. The first-order chi connectivity index (χ1) is 7.89. The lowest BCUT2D eigenvalue weighted by Gasteiger charge is -2.46. The molecule has 94 valence electrons. The summed E-state index contributed by atoms with van der Waals surface area (Å²) in [5, 5.41) is 10.4. The van der Waals surface area contributed by atoms with E-state index in [1.807, 2.05) is 0 Å².